The Labute approximate surface area is 118 Å². The Kier molecular flexibility index (Phi) is 5.24. The minimum absolute atomic E-state index is 0.0354. The van der Waals surface area contributed by atoms with Crippen LogP contribution in [0.4, 0.5) is 0 Å². The monoisotopic (exact) mass is 279 g/mol. The molecule has 5 nitrogen and oxygen atoms in total. The van der Waals surface area contributed by atoms with Crippen LogP contribution in [0.3, 0.4) is 0 Å². The predicted octanol–water partition coefficient (Wildman–Crippen LogP) is 1.63. The van der Waals surface area contributed by atoms with Gasteiger partial charge in [-0.25, -0.2) is 0 Å². The molecule has 1 heterocycles. The van der Waals surface area contributed by atoms with Gasteiger partial charge < -0.3 is 19.9 Å². The second kappa shape index (κ2) is 7.14. The summed E-state index contributed by atoms with van der Waals surface area (Å²) in [5, 5.41) is 12.0. The average molecular weight is 279 g/mol. The molecular formula is C15H21NO4. The number of carbonyl (C=O) groups excluding carboxylic acids is 1. The SMILES string of the molecule is CC(O)CCCNC(=O)CCc1ccc2c(c1)OCO2. The van der Waals surface area contributed by atoms with Gasteiger partial charge in [-0.05, 0) is 43.9 Å². The van der Waals surface area contributed by atoms with E-state index in [1.165, 1.54) is 0 Å². The van der Waals surface area contributed by atoms with E-state index in [-0.39, 0.29) is 18.8 Å². The third kappa shape index (κ3) is 4.42. The van der Waals surface area contributed by atoms with Crippen molar-refractivity contribution in [3.8, 4) is 11.5 Å². The second-order valence-electron chi connectivity index (χ2n) is 5.03. The Morgan fingerprint density at radius 3 is 3.00 bits per heavy atom. The summed E-state index contributed by atoms with van der Waals surface area (Å²) in [5.74, 6) is 1.55. The van der Waals surface area contributed by atoms with Gasteiger partial charge in [0.25, 0.3) is 0 Å². The van der Waals surface area contributed by atoms with Crippen LogP contribution in [0.1, 0.15) is 31.7 Å². The highest BCUT2D eigenvalue weighted by Crippen LogP contribution is 2.32. The van der Waals surface area contributed by atoms with Crippen molar-refractivity contribution in [1.82, 2.24) is 5.32 Å². The van der Waals surface area contributed by atoms with Gasteiger partial charge in [-0.2, -0.15) is 0 Å². The highest BCUT2D eigenvalue weighted by molar-refractivity contribution is 5.76. The fourth-order valence-corrected chi connectivity index (χ4v) is 2.07. The van der Waals surface area contributed by atoms with Gasteiger partial charge in [0.15, 0.2) is 11.5 Å². The Bertz CT molecular complexity index is 459. The van der Waals surface area contributed by atoms with Crippen LogP contribution >= 0.6 is 0 Å². The molecule has 1 unspecified atom stereocenters. The number of aliphatic hydroxyl groups is 1. The molecule has 1 aliphatic heterocycles. The lowest BCUT2D eigenvalue weighted by molar-refractivity contribution is -0.121. The van der Waals surface area contributed by atoms with Crippen LogP contribution < -0.4 is 14.8 Å². The largest absolute Gasteiger partial charge is 0.454 e. The Morgan fingerprint density at radius 1 is 1.40 bits per heavy atom. The highest BCUT2D eigenvalue weighted by atomic mass is 16.7. The first-order valence-corrected chi connectivity index (χ1v) is 6.98. The minimum Gasteiger partial charge on any atom is -0.454 e. The maximum atomic E-state index is 11.7. The number of nitrogens with one attached hydrogen (secondary N) is 1. The van der Waals surface area contributed by atoms with E-state index < -0.39 is 0 Å². The number of benzene rings is 1. The lowest BCUT2D eigenvalue weighted by Crippen LogP contribution is -2.25. The van der Waals surface area contributed by atoms with E-state index in [9.17, 15) is 4.79 Å². The number of hydrogen-bond donors (Lipinski definition) is 2. The van der Waals surface area contributed by atoms with E-state index >= 15 is 0 Å². The van der Waals surface area contributed by atoms with Crippen molar-refractivity contribution in [3.05, 3.63) is 23.8 Å². The number of aliphatic hydroxyl groups excluding tert-OH is 1. The molecule has 1 atom stereocenters. The van der Waals surface area contributed by atoms with E-state index in [1.807, 2.05) is 18.2 Å². The summed E-state index contributed by atoms with van der Waals surface area (Å²) in [5.41, 5.74) is 1.06. The summed E-state index contributed by atoms with van der Waals surface area (Å²) >= 11 is 0. The van der Waals surface area contributed by atoms with Crippen molar-refractivity contribution in [2.75, 3.05) is 13.3 Å². The van der Waals surface area contributed by atoms with Gasteiger partial charge in [-0.3, -0.25) is 4.79 Å². The molecule has 0 spiro atoms. The molecule has 0 saturated carbocycles. The van der Waals surface area contributed by atoms with E-state index in [1.54, 1.807) is 6.92 Å². The predicted molar refractivity (Wildman–Crippen MR) is 74.8 cm³/mol. The smallest absolute Gasteiger partial charge is 0.231 e. The van der Waals surface area contributed by atoms with E-state index in [4.69, 9.17) is 14.6 Å². The second-order valence-corrected chi connectivity index (χ2v) is 5.03. The average Bonchev–Trinajstić information content (AvgIpc) is 2.88. The van der Waals surface area contributed by atoms with Crippen molar-refractivity contribution in [1.29, 1.82) is 0 Å². The van der Waals surface area contributed by atoms with Crippen molar-refractivity contribution < 1.29 is 19.4 Å². The van der Waals surface area contributed by atoms with Gasteiger partial charge in [0.05, 0.1) is 6.10 Å². The van der Waals surface area contributed by atoms with Gasteiger partial charge in [-0.1, -0.05) is 6.07 Å². The summed E-state index contributed by atoms with van der Waals surface area (Å²) in [6.45, 7) is 2.63. The molecule has 5 heteroatoms. The Morgan fingerprint density at radius 2 is 2.20 bits per heavy atom. The van der Waals surface area contributed by atoms with Crippen LogP contribution in [0.5, 0.6) is 11.5 Å². The van der Waals surface area contributed by atoms with Crippen LogP contribution in [-0.4, -0.2) is 30.5 Å². The third-order valence-electron chi connectivity index (χ3n) is 3.20. The molecule has 110 valence electrons. The van der Waals surface area contributed by atoms with Gasteiger partial charge in [0.2, 0.25) is 12.7 Å². The summed E-state index contributed by atoms with van der Waals surface area (Å²) in [4.78, 5) is 11.7. The summed E-state index contributed by atoms with van der Waals surface area (Å²) in [6, 6.07) is 5.75. The van der Waals surface area contributed by atoms with Crippen molar-refractivity contribution in [3.63, 3.8) is 0 Å². The molecule has 0 fully saturated rings. The topological polar surface area (TPSA) is 67.8 Å². The molecule has 1 aliphatic rings. The number of aryl methyl sites for hydroxylation is 1. The maximum Gasteiger partial charge on any atom is 0.231 e. The van der Waals surface area contributed by atoms with E-state index in [2.05, 4.69) is 5.32 Å². The number of rotatable bonds is 7. The molecule has 0 saturated heterocycles. The molecule has 1 aromatic rings. The zero-order valence-electron chi connectivity index (χ0n) is 11.7. The van der Waals surface area contributed by atoms with Gasteiger partial charge in [0, 0.05) is 13.0 Å². The van der Waals surface area contributed by atoms with Crippen LogP contribution in [0, 0.1) is 0 Å². The van der Waals surface area contributed by atoms with Crippen molar-refractivity contribution in [2.24, 2.45) is 0 Å². The number of carbonyl (C=O) groups is 1. The number of amides is 1. The summed E-state index contributed by atoms with van der Waals surface area (Å²) < 4.78 is 10.5. The first-order chi connectivity index (χ1) is 9.65. The first-order valence-electron chi connectivity index (χ1n) is 6.98. The Hall–Kier alpha value is -1.75. The summed E-state index contributed by atoms with van der Waals surface area (Å²) in [7, 11) is 0. The van der Waals surface area contributed by atoms with Gasteiger partial charge in [0.1, 0.15) is 0 Å². The van der Waals surface area contributed by atoms with Gasteiger partial charge >= 0.3 is 0 Å². The molecule has 1 amide bonds. The first kappa shape index (κ1) is 14.7. The van der Waals surface area contributed by atoms with Gasteiger partial charge in [-0.15, -0.1) is 0 Å². The molecule has 20 heavy (non-hydrogen) atoms. The fraction of sp³-hybridized carbons (Fsp3) is 0.533. The highest BCUT2D eigenvalue weighted by Gasteiger charge is 2.13. The minimum atomic E-state index is -0.305. The molecule has 2 rings (SSSR count). The third-order valence-corrected chi connectivity index (χ3v) is 3.20. The van der Waals surface area contributed by atoms with Crippen molar-refractivity contribution in [2.45, 2.75) is 38.7 Å². The molecule has 2 N–H and O–H groups in total. The molecular weight excluding hydrogens is 258 g/mol. The van der Waals surface area contributed by atoms with Crippen LogP contribution in [0.25, 0.3) is 0 Å². The van der Waals surface area contributed by atoms with Crippen LogP contribution in [0.15, 0.2) is 18.2 Å². The normalized spacial score (nSPS) is 14.1. The maximum absolute atomic E-state index is 11.7. The molecule has 0 bridgehead atoms. The lowest BCUT2D eigenvalue weighted by atomic mass is 10.1. The number of ether oxygens (including phenoxy) is 2. The van der Waals surface area contributed by atoms with Crippen LogP contribution in [-0.2, 0) is 11.2 Å². The standard InChI is InChI=1S/C15H21NO4/c1-11(17)3-2-8-16-15(18)7-5-12-4-6-13-14(9-12)20-10-19-13/h4,6,9,11,17H,2-3,5,7-8,10H2,1H3,(H,16,18). The van der Waals surface area contributed by atoms with Crippen LogP contribution in [0.2, 0.25) is 0 Å². The number of hydrogen-bond acceptors (Lipinski definition) is 4. The quantitative estimate of drug-likeness (QED) is 0.744. The zero-order valence-corrected chi connectivity index (χ0v) is 11.7. The molecule has 0 aliphatic carbocycles. The summed E-state index contributed by atoms with van der Waals surface area (Å²) in [6.07, 6.45) is 2.34. The number of fused-ring (bicyclic) bond motifs is 1. The van der Waals surface area contributed by atoms with E-state index in [0.717, 1.165) is 23.5 Å². The molecule has 0 radical (unpaired) electrons. The fourth-order valence-electron chi connectivity index (χ4n) is 2.07. The molecule has 0 aromatic heterocycles. The zero-order chi connectivity index (χ0) is 14.4. The Balaban J connectivity index is 1.68. The van der Waals surface area contributed by atoms with Crippen molar-refractivity contribution >= 4 is 5.91 Å². The van der Waals surface area contributed by atoms with E-state index in [0.29, 0.717) is 25.8 Å². The lowest BCUT2D eigenvalue weighted by Gasteiger charge is -2.07. The molecule has 1 aromatic carbocycles.